The fraction of sp³-hybridized carbons (Fsp3) is 0.571. The first-order valence-electron chi connectivity index (χ1n) is 14.2. The fourth-order valence-electron chi connectivity index (χ4n) is 5.68. The Bertz CT molecular complexity index is 1330. The molecule has 0 spiro atoms. The predicted octanol–water partition coefficient (Wildman–Crippen LogP) is 3.40. The average molecular weight is 576 g/mol. The van der Waals surface area contributed by atoms with E-state index in [9.17, 15) is 16.8 Å². The largest absolute Gasteiger partial charge is 0.380 e. The molecule has 11 heteroatoms. The standard InChI is InChI=1S/C28H41N5O4S2/c1-30-17-19-31(20-18-30)26-21-25(29-23-24-11-5-2-6-12-24)27(38(34,35)32-13-7-3-8-14-32)22-28(26)39(36,37)33-15-9-4-10-16-33/h2,5-6,11-12,21-22,29H,3-4,7-10,13-20,23H2,1H3. The second-order valence-electron chi connectivity index (χ2n) is 10.9. The smallest absolute Gasteiger partial charge is 0.245 e. The van der Waals surface area contributed by atoms with E-state index in [2.05, 4.69) is 22.2 Å². The van der Waals surface area contributed by atoms with E-state index < -0.39 is 20.0 Å². The first kappa shape index (κ1) is 28.4. The molecule has 3 fully saturated rings. The number of hydrogen-bond acceptors (Lipinski definition) is 7. The monoisotopic (exact) mass is 575 g/mol. The van der Waals surface area contributed by atoms with Gasteiger partial charge in [-0.25, -0.2) is 16.8 Å². The van der Waals surface area contributed by atoms with Crippen molar-refractivity contribution in [3.8, 4) is 0 Å². The van der Waals surface area contributed by atoms with Gasteiger partial charge in [-0.15, -0.1) is 0 Å². The normalized spacial score (nSPS) is 20.7. The van der Waals surface area contributed by atoms with Crippen molar-refractivity contribution in [2.45, 2.75) is 54.9 Å². The molecule has 3 aliphatic rings. The highest BCUT2D eigenvalue weighted by Gasteiger charge is 2.36. The molecule has 5 rings (SSSR count). The summed E-state index contributed by atoms with van der Waals surface area (Å²) in [4.78, 5) is 4.48. The molecule has 214 valence electrons. The molecular formula is C28H41N5O4S2. The van der Waals surface area contributed by atoms with E-state index in [1.165, 1.54) is 10.4 Å². The Kier molecular flexibility index (Phi) is 8.82. The van der Waals surface area contributed by atoms with Crippen LogP contribution in [0.25, 0.3) is 0 Å². The second kappa shape index (κ2) is 12.1. The SMILES string of the molecule is CN1CCN(c2cc(NCc3ccccc3)c(S(=O)(=O)N3CCCCC3)cc2S(=O)(=O)N2CCCCC2)CC1. The van der Waals surface area contributed by atoms with Crippen molar-refractivity contribution < 1.29 is 16.8 Å². The number of rotatable bonds is 8. The van der Waals surface area contributed by atoms with Crippen molar-refractivity contribution in [2.75, 3.05) is 69.6 Å². The minimum absolute atomic E-state index is 0.0498. The maximum atomic E-state index is 14.1. The van der Waals surface area contributed by atoms with Gasteiger partial charge >= 0.3 is 0 Å². The van der Waals surface area contributed by atoms with Gasteiger partial charge in [0.1, 0.15) is 9.79 Å². The van der Waals surface area contributed by atoms with Gasteiger partial charge in [0.2, 0.25) is 20.0 Å². The van der Waals surface area contributed by atoms with Gasteiger partial charge in [-0.2, -0.15) is 8.61 Å². The van der Waals surface area contributed by atoms with Gasteiger partial charge in [-0.1, -0.05) is 43.2 Å². The molecule has 2 aromatic rings. The van der Waals surface area contributed by atoms with Crippen molar-refractivity contribution in [1.29, 1.82) is 0 Å². The van der Waals surface area contributed by atoms with Crippen LogP contribution in [-0.4, -0.2) is 89.8 Å². The van der Waals surface area contributed by atoms with Crippen LogP contribution in [0.3, 0.4) is 0 Å². The first-order chi connectivity index (χ1) is 18.8. The van der Waals surface area contributed by atoms with Gasteiger partial charge in [-0.05, 0) is 50.4 Å². The van der Waals surface area contributed by atoms with Gasteiger partial charge in [0.15, 0.2) is 0 Å². The molecular weight excluding hydrogens is 534 g/mol. The van der Waals surface area contributed by atoms with Crippen LogP contribution < -0.4 is 10.2 Å². The maximum absolute atomic E-state index is 14.1. The molecule has 0 unspecified atom stereocenters. The topological polar surface area (TPSA) is 93.3 Å². The molecule has 0 saturated carbocycles. The van der Waals surface area contributed by atoms with Crippen molar-refractivity contribution in [1.82, 2.24) is 13.5 Å². The molecule has 0 bridgehead atoms. The summed E-state index contributed by atoms with van der Waals surface area (Å²) < 4.78 is 59.4. The highest BCUT2D eigenvalue weighted by molar-refractivity contribution is 7.90. The van der Waals surface area contributed by atoms with Crippen LogP contribution >= 0.6 is 0 Å². The highest BCUT2D eigenvalue weighted by Crippen LogP contribution is 2.38. The van der Waals surface area contributed by atoms with Gasteiger partial charge in [0.25, 0.3) is 0 Å². The number of anilines is 2. The Labute approximate surface area is 233 Å². The molecule has 1 N–H and O–H groups in total. The molecule has 39 heavy (non-hydrogen) atoms. The Morgan fingerprint density at radius 3 is 1.77 bits per heavy atom. The summed E-state index contributed by atoms with van der Waals surface area (Å²) in [7, 11) is -5.73. The highest BCUT2D eigenvalue weighted by atomic mass is 32.2. The van der Waals surface area contributed by atoms with E-state index in [0.717, 1.165) is 57.2 Å². The van der Waals surface area contributed by atoms with Gasteiger partial charge in [-0.3, -0.25) is 0 Å². The number of hydrogen-bond donors (Lipinski definition) is 1. The van der Waals surface area contributed by atoms with Gasteiger partial charge in [0, 0.05) is 58.9 Å². The summed E-state index contributed by atoms with van der Waals surface area (Å²) in [5.41, 5.74) is 2.06. The summed E-state index contributed by atoms with van der Waals surface area (Å²) in [5, 5.41) is 3.37. The van der Waals surface area contributed by atoms with Crippen molar-refractivity contribution in [2.24, 2.45) is 0 Å². The lowest BCUT2D eigenvalue weighted by molar-refractivity contribution is 0.312. The van der Waals surface area contributed by atoms with Crippen LogP contribution in [0.2, 0.25) is 0 Å². The molecule has 0 radical (unpaired) electrons. The lowest BCUT2D eigenvalue weighted by Crippen LogP contribution is -2.45. The van der Waals surface area contributed by atoms with Crippen LogP contribution in [0.1, 0.15) is 44.1 Å². The molecule has 0 aromatic heterocycles. The van der Waals surface area contributed by atoms with Crippen LogP contribution in [0.4, 0.5) is 11.4 Å². The van der Waals surface area contributed by atoms with Crippen molar-refractivity contribution >= 4 is 31.4 Å². The minimum atomic E-state index is -3.91. The van der Waals surface area contributed by atoms with Gasteiger partial charge in [0.05, 0.1) is 11.4 Å². The number of benzene rings is 2. The van der Waals surface area contributed by atoms with Crippen LogP contribution in [0, 0.1) is 0 Å². The molecule has 3 aliphatic heterocycles. The van der Waals surface area contributed by atoms with Crippen LogP contribution in [0.5, 0.6) is 0 Å². The zero-order chi connectivity index (χ0) is 27.5. The zero-order valence-corrected chi connectivity index (χ0v) is 24.5. The molecule has 0 amide bonds. The molecule has 9 nitrogen and oxygen atoms in total. The number of nitrogens with one attached hydrogen (secondary N) is 1. The summed E-state index contributed by atoms with van der Waals surface area (Å²) in [6.07, 6.45) is 5.27. The molecule has 0 aliphatic carbocycles. The molecule has 3 saturated heterocycles. The number of piperazine rings is 1. The van der Waals surface area contributed by atoms with E-state index in [4.69, 9.17) is 0 Å². The third-order valence-corrected chi connectivity index (χ3v) is 12.0. The third-order valence-electron chi connectivity index (χ3n) is 8.10. The summed E-state index contributed by atoms with van der Waals surface area (Å²) in [6, 6.07) is 13.1. The molecule has 0 atom stereocenters. The summed E-state index contributed by atoms with van der Waals surface area (Å²) in [6.45, 7) is 5.24. The average Bonchev–Trinajstić information content (AvgIpc) is 2.97. The van der Waals surface area contributed by atoms with Crippen molar-refractivity contribution in [3.63, 3.8) is 0 Å². The Morgan fingerprint density at radius 2 is 1.21 bits per heavy atom. The fourth-order valence-corrected chi connectivity index (χ4v) is 9.19. The third kappa shape index (κ3) is 6.27. The van der Waals surface area contributed by atoms with Gasteiger partial charge < -0.3 is 15.1 Å². The Hall–Kier alpha value is -2.18. The lowest BCUT2D eigenvalue weighted by atomic mass is 10.2. The quantitative estimate of drug-likeness (QED) is 0.516. The number of sulfonamides is 2. The van der Waals surface area contributed by atoms with E-state index >= 15 is 0 Å². The summed E-state index contributed by atoms with van der Waals surface area (Å²) in [5.74, 6) is 0. The molecule has 2 aromatic carbocycles. The second-order valence-corrected chi connectivity index (χ2v) is 14.7. The van der Waals surface area contributed by atoms with E-state index in [1.54, 1.807) is 10.4 Å². The van der Waals surface area contributed by atoms with Crippen LogP contribution in [-0.2, 0) is 26.6 Å². The lowest BCUT2D eigenvalue weighted by Gasteiger charge is -2.37. The van der Waals surface area contributed by atoms with Crippen molar-refractivity contribution in [3.05, 3.63) is 48.0 Å². The van der Waals surface area contributed by atoms with E-state index in [1.807, 2.05) is 30.3 Å². The number of nitrogens with zero attached hydrogens (tertiary/aromatic N) is 4. The van der Waals surface area contributed by atoms with E-state index in [-0.39, 0.29) is 9.79 Å². The summed E-state index contributed by atoms with van der Waals surface area (Å²) >= 11 is 0. The maximum Gasteiger partial charge on any atom is 0.245 e. The number of likely N-dealkylation sites (N-methyl/N-ethyl adjacent to an activating group) is 1. The zero-order valence-electron chi connectivity index (χ0n) is 22.9. The Morgan fingerprint density at radius 1 is 0.667 bits per heavy atom. The van der Waals surface area contributed by atoms with E-state index in [0.29, 0.717) is 57.2 Å². The Balaban J connectivity index is 1.64. The van der Waals surface area contributed by atoms with Crippen LogP contribution in [0.15, 0.2) is 52.3 Å². The predicted molar refractivity (Wildman–Crippen MR) is 155 cm³/mol. The number of piperidine rings is 2. The first-order valence-corrected chi connectivity index (χ1v) is 17.0. The minimum Gasteiger partial charge on any atom is -0.380 e. The molecule has 3 heterocycles.